The Labute approximate surface area is 281 Å². The van der Waals surface area contributed by atoms with Gasteiger partial charge < -0.3 is 0 Å². The number of para-hydroxylation sites is 1. The topological polar surface area (TPSA) is 51.6 Å². The van der Waals surface area contributed by atoms with Crippen LogP contribution in [0.4, 0.5) is 0 Å². The Hall–Kier alpha value is -5.34. The molecule has 7 heteroatoms. The molecule has 0 aliphatic rings. The summed E-state index contributed by atoms with van der Waals surface area (Å²) >= 11 is 5.35. The van der Waals surface area contributed by atoms with Crippen LogP contribution in [-0.2, 0) is 0 Å². The summed E-state index contributed by atoms with van der Waals surface area (Å²) in [5.74, 6) is 2.00. The Morgan fingerprint density at radius 2 is 0.936 bits per heavy atom. The molecule has 4 aromatic heterocycles. The largest absolute Gasteiger partial charge is 0.236 e. The van der Waals surface area contributed by atoms with Gasteiger partial charge in [0.05, 0.1) is 10.2 Å². The molecule has 0 aliphatic carbocycles. The number of hydrogen-bond acceptors (Lipinski definition) is 7. The quantitative estimate of drug-likeness (QED) is 0.189. The van der Waals surface area contributed by atoms with Crippen molar-refractivity contribution in [1.29, 1.82) is 0 Å². The fourth-order valence-electron chi connectivity index (χ4n) is 6.48. The van der Waals surface area contributed by atoms with Crippen LogP contribution in [0.3, 0.4) is 0 Å². The van der Waals surface area contributed by atoms with Gasteiger partial charge in [-0.15, -0.1) is 34.0 Å². The lowest BCUT2D eigenvalue weighted by atomic mass is 10.0. The maximum Gasteiger partial charge on any atom is 0.164 e. The molecule has 0 amide bonds. The molecule has 0 N–H and O–H groups in total. The number of thiophene rings is 2. The van der Waals surface area contributed by atoms with Crippen LogP contribution in [0.5, 0.6) is 0 Å². The Morgan fingerprint density at radius 1 is 0.362 bits per heavy atom. The summed E-state index contributed by atoms with van der Waals surface area (Å²) in [6, 6.07) is 46.6. The van der Waals surface area contributed by atoms with Gasteiger partial charge in [0.25, 0.3) is 0 Å². The van der Waals surface area contributed by atoms with Crippen molar-refractivity contribution in [3.63, 3.8) is 0 Å². The van der Waals surface area contributed by atoms with Crippen LogP contribution >= 0.6 is 34.0 Å². The predicted octanol–water partition coefficient (Wildman–Crippen LogP) is 11.9. The fraction of sp³-hybridized carbons (Fsp3) is 0. The van der Waals surface area contributed by atoms with Crippen molar-refractivity contribution >= 4 is 84.6 Å². The molecule has 10 rings (SSSR count). The van der Waals surface area contributed by atoms with E-state index in [2.05, 4.69) is 109 Å². The van der Waals surface area contributed by atoms with Crippen molar-refractivity contribution in [3.8, 4) is 44.7 Å². The molecular formula is C40H22N4S3. The minimum Gasteiger partial charge on any atom is -0.236 e. The van der Waals surface area contributed by atoms with E-state index in [1.54, 1.807) is 34.0 Å². The highest BCUT2D eigenvalue weighted by Crippen LogP contribution is 2.45. The summed E-state index contributed by atoms with van der Waals surface area (Å²) in [6.07, 6.45) is 0. The molecule has 10 aromatic rings. The number of nitrogens with zero attached hydrogens (tertiary/aromatic N) is 4. The molecule has 47 heavy (non-hydrogen) atoms. The van der Waals surface area contributed by atoms with Crippen molar-refractivity contribution in [2.75, 3.05) is 0 Å². The van der Waals surface area contributed by atoms with Crippen molar-refractivity contribution in [3.05, 3.63) is 133 Å². The minimum absolute atomic E-state index is 0.661. The molecule has 0 saturated heterocycles. The van der Waals surface area contributed by atoms with Crippen molar-refractivity contribution in [2.24, 2.45) is 0 Å². The Morgan fingerprint density at radius 3 is 1.72 bits per heavy atom. The maximum absolute atomic E-state index is 5.26. The van der Waals surface area contributed by atoms with Crippen LogP contribution in [0, 0.1) is 0 Å². The first-order valence-electron chi connectivity index (χ1n) is 15.3. The third-order valence-corrected chi connectivity index (χ3v) is 12.0. The predicted molar refractivity (Wildman–Crippen MR) is 201 cm³/mol. The highest BCUT2D eigenvalue weighted by atomic mass is 32.1. The smallest absolute Gasteiger partial charge is 0.164 e. The van der Waals surface area contributed by atoms with E-state index >= 15 is 0 Å². The Bertz CT molecular complexity index is 2780. The first-order chi connectivity index (χ1) is 23.3. The molecule has 0 aliphatic heterocycles. The normalized spacial score (nSPS) is 11.8. The van der Waals surface area contributed by atoms with Gasteiger partial charge in [-0.25, -0.2) is 19.9 Å². The lowest BCUT2D eigenvalue weighted by molar-refractivity contribution is 1.08. The third kappa shape index (κ3) is 4.32. The SMILES string of the molecule is c1ccc(-c2nc(-c3cccc4sc5ccccc5c34)nc(-c3cccc4sc5c(-c6nc7ccccc7s6)cccc5c34)n2)cc1. The van der Waals surface area contributed by atoms with Crippen molar-refractivity contribution < 1.29 is 0 Å². The van der Waals surface area contributed by atoms with Gasteiger partial charge in [0.15, 0.2) is 17.5 Å². The summed E-state index contributed by atoms with van der Waals surface area (Å²) in [7, 11) is 0. The molecule has 0 saturated carbocycles. The van der Waals surface area contributed by atoms with E-state index in [9.17, 15) is 0 Å². The average molecular weight is 655 g/mol. The highest BCUT2D eigenvalue weighted by molar-refractivity contribution is 7.27. The van der Waals surface area contributed by atoms with Gasteiger partial charge in [-0.05, 0) is 30.3 Å². The van der Waals surface area contributed by atoms with Gasteiger partial charge >= 0.3 is 0 Å². The molecule has 0 atom stereocenters. The van der Waals surface area contributed by atoms with Crippen LogP contribution in [0.25, 0.3) is 95.3 Å². The van der Waals surface area contributed by atoms with Gasteiger partial charge in [0, 0.05) is 62.6 Å². The molecular weight excluding hydrogens is 633 g/mol. The number of aromatic nitrogens is 4. The summed E-state index contributed by atoms with van der Waals surface area (Å²) in [6.45, 7) is 0. The molecule has 0 bridgehead atoms. The third-order valence-electron chi connectivity index (χ3n) is 8.60. The zero-order valence-electron chi connectivity index (χ0n) is 24.7. The molecule has 0 spiro atoms. The number of thiazole rings is 1. The van der Waals surface area contributed by atoms with E-state index in [1.165, 1.54) is 39.7 Å². The van der Waals surface area contributed by atoms with Gasteiger partial charge in [-0.1, -0.05) is 103 Å². The average Bonchev–Trinajstić information content (AvgIpc) is 3.85. The van der Waals surface area contributed by atoms with Gasteiger partial charge in [0.1, 0.15) is 5.01 Å². The van der Waals surface area contributed by atoms with Gasteiger partial charge in [-0.2, -0.15) is 0 Å². The van der Waals surface area contributed by atoms with Gasteiger partial charge in [0.2, 0.25) is 0 Å². The van der Waals surface area contributed by atoms with Crippen LogP contribution in [0.2, 0.25) is 0 Å². The summed E-state index contributed by atoms with van der Waals surface area (Å²) in [5, 5.41) is 5.79. The number of hydrogen-bond donors (Lipinski definition) is 0. The lowest BCUT2D eigenvalue weighted by Gasteiger charge is -2.10. The summed E-state index contributed by atoms with van der Waals surface area (Å²) in [5.41, 5.74) is 5.17. The highest BCUT2D eigenvalue weighted by Gasteiger charge is 2.20. The lowest BCUT2D eigenvalue weighted by Crippen LogP contribution is -2.00. The van der Waals surface area contributed by atoms with Gasteiger partial charge in [-0.3, -0.25) is 0 Å². The molecule has 0 radical (unpaired) electrons. The van der Waals surface area contributed by atoms with Crippen LogP contribution < -0.4 is 0 Å². The van der Waals surface area contributed by atoms with Crippen LogP contribution in [0.1, 0.15) is 0 Å². The van der Waals surface area contributed by atoms with Crippen LogP contribution in [-0.4, -0.2) is 19.9 Å². The van der Waals surface area contributed by atoms with E-state index in [1.807, 2.05) is 24.3 Å². The molecule has 4 nitrogen and oxygen atoms in total. The zero-order valence-corrected chi connectivity index (χ0v) is 27.2. The van der Waals surface area contributed by atoms with E-state index in [-0.39, 0.29) is 0 Å². The molecule has 220 valence electrons. The number of fused-ring (bicyclic) bond motifs is 7. The van der Waals surface area contributed by atoms with E-state index in [0.29, 0.717) is 17.5 Å². The van der Waals surface area contributed by atoms with Crippen LogP contribution in [0.15, 0.2) is 133 Å². The first kappa shape index (κ1) is 26.8. The second-order valence-corrected chi connectivity index (χ2v) is 14.6. The Kier molecular flexibility index (Phi) is 6.05. The molecule has 0 unspecified atom stereocenters. The molecule has 0 fully saturated rings. The zero-order chi connectivity index (χ0) is 30.9. The monoisotopic (exact) mass is 654 g/mol. The summed E-state index contributed by atoms with van der Waals surface area (Å²) < 4.78 is 6.09. The Balaban J connectivity index is 1.23. The van der Waals surface area contributed by atoms with E-state index in [4.69, 9.17) is 19.9 Å². The molecule has 4 heterocycles. The van der Waals surface area contributed by atoms with E-state index in [0.717, 1.165) is 38.2 Å². The standard InChI is InChI=1S/C40H22N4S3/c1-2-11-23(12-3-1)37-42-38(26-15-9-21-32-34(26)24-13-4-6-19-30(24)45-32)44-39(43-37)27-16-10-22-33-35(27)25-14-8-17-28(36(25)46-33)40-41-29-18-5-7-20-31(29)47-40/h1-22H. The maximum atomic E-state index is 5.26. The number of rotatable bonds is 4. The summed E-state index contributed by atoms with van der Waals surface area (Å²) in [4.78, 5) is 20.5. The fourth-order valence-corrected chi connectivity index (χ4v) is 9.92. The van der Waals surface area contributed by atoms with Crippen molar-refractivity contribution in [2.45, 2.75) is 0 Å². The second-order valence-electron chi connectivity index (χ2n) is 11.4. The van der Waals surface area contributed by atoms with Crippen molar-refractivity contribution in [1.82, 2.24) is 19.9 Å². The number of benzene rings is 6. The molecule has 6 aromatic carbocycles. The first-order valence-corrected chi connectivity index (χ1v) is 17.8. The second kappa shape index (κ2) is 10.6. The van der Waals surface area contributed by atoms with E-state index < -0.39 is 0 Å². The minimum atomic E-state index is 0.661.